The van der Waals surface area contributed by atoms with Gasteiger partial charge in [-0.1, -0.05) is 17.7 Å². The van der Waals surface area contributed by atoms with Crippen molar-refractivity contribution in [3.05, 3.63) is 78.2 Å². The minimum atomic E-state index is -0.254. The van der Waals surface area contributed by atoms with Crippen LogP contribution in [0.4, 0.5) is 11.5 Å². The lowest BCUT2D eigenvalue weighted by Crippen LogP contribution is -2.20. The number of aryl methyl sites for hydroxylation is 1. The molecule has 0 saturated carbocycles. The monoisotopic (exact) mass is 348 g/mol. The summed E-state index contributed by atoms with van der Waals surface area (Å²) in [5, 5.41) is 5.98. The molecule has 0 spiro atoms. The largest absolute Gasteiger partial charge is 0.484 e. The number of hydrogen-bond acceptors (Lipinski definition) is 5. The molecule has 1 aromatic carbocycles. The van der Waals surface area contributed by atoms with Crippen molar-refractivity contribution < 1.29 is 9.53 Å². The molecule has 132 valence electrons. The lowest BCUT2D eigenvalue weighted by atomic mass is 10.2. The van der Waals surface area contributed by atoms with E-state index in [1.165, 1.54) is 0 Å². The number of aromatic nitrogens is 2. The molecule has 0 unspecified atom stereocenters. The molecule has 2 heterocycles. The third-order valence-corrected chi connectivity index (χ3v) is 3.67. The van der Waals surface area contributed by atoms with Crippen LogP contribution in [0, 0.1) is 6.92 Å². The molecule has 0 atom stereocenters. The van der Waals surface area contributed by atoms with Crippen molar-refractivity contribution in [2.24, 2.45) is 0 Å². The second kappa shape index (κ2) is 8.62. The number of hydrogen-bond donors (Lipinski definition) is 2. The van der Waals surface area contributed by atoms with Crippen molar-refractivity contribution in [3.8, 4) is 5.75 Å². The van der Waals surface area contributed by atoms with Gasteiger partial charge in [-0.15, -0.1) is 0 Å². The number of ether oxygens (including phenoxy) is 1. The molecule has 2 aromatic heterocycles. The van der Waals surface area contributed by atoms with E-state index in [0.29, 0.717) is 18.1 Å². The number of nitrogens with one attached hydrogen (secondary N) is 2. The molecular formula is C20H20N4O2. The second-order valence-electron chi connectivity index (χ2n) is 5.79. The van der Waals surface area contributed by atoms with Gasteiger partial charge in [0.15, 0.2) is 6.61 Å². The van der Waals surface area contributed by atoms with Gasteiger partial charge in [-0.3, -0.25) is 9.78 Å². The van der Waals surface area contributed by atoms with Crippen LogP contribution in [-0.4, -0.2) is 22.5 Å². The summed E-state index contributed by atoms with van der Waals surface area (Å²) >= 11 is 0. The van der Waals surface area contributed by atoms with Crippen molar-refractivity contribution in [2.45, 2.75) is 13.5 Å². The first kappa shape index (κ1) is 17.4. The number of anilines is 2. The molecule has 6 heteroatoms. The minimum Gasteiger partial charge on any atom is -0.484 e. The molecule has 26 heavy (non-hydrogen) atoms. The lowest BCUT2D eigenvalue weighted by molar-refractivity contribution is -0.118. The predicted octanol–water partition coefficient (Wildman–Crippen LogP) is 3.41. The summed E-state index contributed by atoms with van der Waals surface area (Å²) in [6, 6.07) is 15.1. The fourth-order valence-corrected chi connectivity index (χ4v) is 2.24. The number of amides is 1. The fourth-order valence-electron chi connectivity index (χ4n) is 2.24. The SMILES string of the molecule is Cc1ccc(OCC(=O)Nc2ccc(NCc3ccncc3)cn2)cc1. The highest BCUT2D eigenvalue weighted by molar-refractivity contribution is 5.91. The third-order valence-electron chi connectivity index (χ3n) is 3.67. The van der Waals surface area contributed by atoms with Gasteiger partial charge < -0.3 is 15.4 Å². The van der Waals surface area contributed by atoms with Crippen LogP contribution in [0.1, 0.15) is 11.1 Å². The maximum atomic E-state index is 12.0. The Hall–Kier alpha value is -3.41. The van der Waals surface area contributed by atoms with Crippen LogP contribution in [0.2, 0.25) is 0 Å². The zero-order valence-corrected chi connectivity index (χ0v) is 14.5. The Labute approximate surface area is 152 Å². The third kappa shape index (κ3) is 5.31. The van der Waals surface area contributed by atoms with Crippen molar-refractivity contribution in [1.29, 1.82) is 0 Å². The Balaban J connectivity index is 1.45. The molecule has 0 bridgehead atoms. The molecule has 0 aliphatic rings. The van der Waals surface area contributed by atoms with Gasteiger partial charge in [0, 0.05) is 18.9 Å². The molecule has 0 radical (unpaired) electrons. The summed E-state index contributed by atoms with van der Waals surface area (Å²) in [5.74, 6) is 0.891. The quantitative estimate of drug-likeness (QED) is 0.684. The van der Waals surface area contributed by atoms with Crippen LogP contribution >= 0.6 is 0 Å². The molecule has 6 nitrogen and oxygen atoms in total. The zero-order valence-electron chi connectivity index (χ0n) is 14.5. The first-order chi connectivity index (χ1) is 12.7. The van der Waals surface area contributed by atoms with Gasteiger partial charge in [-0.25, -0.2) is 4.98 Å². The number of benzene rings is 1. The first-order valence-corrected chi connectivity index (χ1v) is 8.27. The summed E-state index contributed by atoms with van der Waals surface area (Å²) in [6.45, 7) is 2.62. The fraction of sp³-hybridized carbons (Fsp3) is 0.150. The number of nitrogens with zero attached hydrogens (tertiary/aromatic N) is 2. The molecule has 0 aliphatic heterocycles. The Bertz CT molecular complexity index is 834. The highest BCUT2D eigenvalue weighted by Crippen LogP contribution is 2.13. The van der Waals surface area contributed by atoms with Gasteiger partial charge in [-0.05, 0) is 48.9 Å². The van der Waals surface area contributed by atoms with Crippen LogP contribution in [0.25, 0.3) is 0 Å². The normalized spacial score (nSPS) is 10.2. The van der Waals surface area contributed by atoms with Gasteiger partial charge in [0.05, 0.1) is 11.9 Å². The van der Waals surface area contributed by atoms with E-state index in [2.05, 4.69) is 20.6 Å². The van der Waals surface area contributed by atoms with E-state index in [4.69, 9.17) is 4.74 Å². The highest BCUT2D eigenvalue weighted by Gasteiger charge is 2.05. The molecule has 3 rings (SSSR count). The molecule has 0 fully saturated rings. The van der Waals surface area contributed by atoms with Crippen LogP contribution in [0.3, 0.4) is 0 Å². The molecule has 2 N–H and O–H groups in total. The van der Waals surface area contributed by atoms with Crippen LogP contribution in [-0.2, 0) is 11.3 Å². The maximum Gasteiger partial charge on any atom is 0.263 e. The van der Waals surface area contributed by atoms with Crippen molar-refractivity contribution >= 4 is 17.4 Å². The summed E-state index contributed by atoms with van der Waals surface area (Å²) in [4.78, 5) is 20.2. The molecule has 3 aromatic rings. The van der Waals surface area contributed by atoms with Crippen molar-refractivity contribution in [1.82, 2.24) is 9.97 Å². The van der Waals surface area contributed by atoms with E-state index in [9.17, 15) is 4.79 Å². The van der Waals surface area contributed by atoms with E-state index >= 15 is 0 Å². The Morgan fingerprint density at radius 3 is 2.50 bits per heavy atom. The Morgan fingerprint density at radius 2 is 1.81 bits per heavy atom. The number of pyridine rings is 2. The van der Waals surface area contributed by atoms with Crippen molar-refractivity contribution in [3.63, 3.8) is 0 Å². The maximum absolute atomic E-state index is 12.0. The molecule has 1 amide bonds. The standard InChI is InChI=1S/C20H20N4O2/c1-15-2-5-18(6-3-15)26-14-20(25)24-19-7-4-17(13-23-19)22-12-16-8-10-21-11-9-16/h2-11,13,22H,12,14H2,1H3,(H,23,24,25). The summed E-state index contributed by atoms with van der Waals surface area (Å²) in [6.07, 6.45) is 5.19. The molecule has 0 saturated heterocycles. The summed E-state index contributed by atoms with van der Waals surface area (Å²) < 4.78 is 5.45. The second-order valence-corrected chi connectivity index (χ2v) is 5.79. The van der Waals surface area contributed by atoms with Gasteiger partial charge in [0.25, 0.3) is 5.91 Å². The Kier molecular flexibility index (Phi) is 5.77. The summed E-state index contributed by atoms with van der Waals surface area (Å²) in [5.41, 5.74) is 3.14. The number of carbonyl (C=O) groups excluding carboxylic acids is 1. The number of carbonyl (C=O) groups is 1. The minimum absolute atomic E-state index is 0.0627. The average molecular weight is 348 g/mol. The smallest absolute Gasteiger partial charge is 0.263 e. The molecule has 0 aliphatic carbocycles. The highest BCUT2D eigenvalue weighted by atomic mass is 16.5. The summed E-state index contributed by atoms with van der Waals surface area (Å²) in [7, 11) is 0. The van der Waals surface area contributed by atoms with E-state index in [1.807, 2.05) is 49.4 Å². The van der Waals surface area contributed by atoms with Gasteiger partial charge in [0.2, 0.25) is 0 Å². The number of rotatable bonds is 7. The van der Waals surface area contributed by atoms with Crippen molar-refractivity contribution in [2.75, 3.05) is 17.2 Å². The van der Waals surface area contributed by atoms with Crippen LogP contribution < -0.4 is 15.4 Å². The van der Waals surface area contributed by atoms with E-state index < -0.39 is 0 Å². The van der Waals surface area contributed by atoms with E-state index in [-0.39, 0.29) is 12.5 Å². The Morgan fingerprint density at radius 1 is 1.04 bits per heavy atom. The van der Waals surface area contributed by atoms with E-state index in [1.54, 1.807) is 24.7 Å². The predicted molar refractivity (Wildman–Crippen MR) is 101 cm³/mol. The van der Waals surface area contributed by atoms with Gasteiger partial charge in [0.1, 0.15) is 11.6 Å². The van der Waals surface area contributed by atoms with E-state index in [0.717, 1.165) is 16.8 Å². The van der Waals surface area contributed by atoms with Gasteiger partial charge >= 0.3 is 0 Å². The zero-order chi connectivity index (χ0) is 18.2. The topological polar surface area (TPSA) is 76.1 Å². The lowest BCUT2D eigenvalue weighted by Gasteiger charge is -2.09. The average Bonchev–Trinajstić information content (AvgIpc) is 2.68. The first-order valence-electron chi connectivity index (χ1n) is 8.27. The van der Waals surface area contributed by atoms with Gasteiger partial charge in [-0.2, -0.15) is 0 Å². The van der Waals surface area contributed by atoms with Crippen LogP contribution in [0.15, 0.2) is 67.1 Å². The molecular weight excluding hydrogens is 328 g/mol. The van der Waals surface area contributed by atoms with Crippen LogP contribution in [0.5, 0.6) is 5.75 Å².